The Morgan fingerprint density at radius 3 is 2.34 bits per heavy atom. The number of nitrogens with one attached hydrogen (secondary N) is 1. The van der Waals surface area contributed by atoms with Crippen LogP contribution in [0.25, 0.3) is 0 Å². The van der Waals surface area contributed by atoms with Crippen molar-refractivity contribution in [1.29, 1.82) is 0 Å². The summed E-state index contributed by atoms with van der Waals surface area (Å²) in [6, 6.07) is 6.74. The van der Waals surface area contributed by atoms with Crippen LogP contribution < -0.4 is 10.1 Å². The number of hydrogen-bond donors (Lipinski definition) is 1. The van der Waals surface area contributed by atoms with Crippen LogP contribution in [0, 0.1) is 38.5 Å². The summed E-state index contributed by atoms with van der Waals surface area (Å²) in [5.74, 6) is 2.44. The SMILES string of the molecule is COc1cc(C)c(S(=O)(=O)N2CCC(CCOCC(=O)NCCC3CCC(C(c4cccs4)N(C)C)CC3)CC2)c(C)c1C. The van der Waals surface area contributed by atoms with Crippen LogP contribution in [0.3, 0.4) is 0 Å². The number of thiophene rings is 1. The molecule has 1 amide bonds. The summed E-state index contributed by atoms with van der Waals surface area (Å²) in [5.41, 5.74) is 2.33. The second-order valence-electron chi connectivity index (χ2n) is 13.0. The molecule has 2 fully saturated rings. The van der Waals surface area contributed by atoms with Gasteiger partial charge in [-0.05, 0) is 125 Å². The molecule has 0 bridgehead atoms. The van der Waals surface area contributed by atoms with E-state index in [1.807, 2.05) is 38.2 Å². The number of aryl methyl sites for hydroxylation is 1. The van der Waals surface area contributed by atoms with E-state index < -0.39 is 10.0 Å². The lowest BCUT2D eigenvalue weighted by atomic mass is 9.76. The number of carbonyl (C=O) groups is 1. The van der Waals surface area contributed by atoms with Gasteiger partial charge in [-0.2, -0.15) is 4.31 Å². The summed E-state index contributed by atoms with van der Waals surface area (Å²) >= 11 is 1.86. The third-order valence-electron chi connectivity index (χ3n) is 9.88. The molecule has 1 aromatic carbocycles. The van der Waals surface area contributed by atoms with Crippen molar-refractivity contribution in [2.45, 2.75) is 83.1 Å². The number of rotatable bonds is 14. The number of ether oxygens (including phenoxy) is 2. The van der Waals surface area contributed by atoms with Crippen molar-refractivity contribution in [1.82, 2.24) is 14.5 Å². The Balaban J connectivity index is 1.10. The Labute approximate surface area is 269 Å². The van der Waals surface area contributed by atoms with E-state index in [2.05, 4.69) is 41.8 Å². The lowest BCUT2D eigenvalue weighted by Gasteiger charge is -2.37. The van der Waals surface area contributed by atoms with Gasteiger partial charge in [0.1, 0.15) is 12.4 Å². The second-order valence-corrected chi connectivity index (χ2v) is 15.9. The predicted molar refractivity (Wildman–Crippen MR) is 178 cm³/mol. The zero-order valence-corrected chi connectivity index (χ0v) is 29.2. The second kappa shape index (κ2) is 16.0. The standard InChI is InChI=1S/C34H53N3O5S2/c1-24-22-30(41-6)25(2)26(3)34(24)44(39,40)37-18-14-28(15-19-37)16-20-42-23-32(38)35-17-13-27-9-11-29(12-10-27)33(36(4)5)31-8-7-21-43-31/h7-8,21-22,27-29,33H,9-20,23H2,1-6H3,(H,35,38). The molecule has 4 rings (SSSR count). The molecule has 2 heterocycles. The van der Waals surface area contributed by atoms with Gasteiger partial charge in [-0.25, -0.2) is 8.42 Å². The minimum Gasteiger partial charge on any atom is -0.496 e. The van der Waals surface area contributed by atoms with E-state index in [4.69, 9.17) is 9.47 Å². The van der Waals surface area contributed by atoms with E-state index in [1.54, 1.807) is 11.4 Å². The Kier molecular flexibility index (Phi) is 12.7. The maximum absolute atomic E-state index is 13.5. The molecule has 1 N–H and O–H groups in total. The molecule has 1 aliphatic heterocycles. The van der Waals surface area contributed by atoms with Gasteiger partial charge < -0.3 is 19.7 Å². The van der Waals surface area contributed by atoms with Gasteiger partial charge in [0.05, 0.1) is 12.0 Å². The first kappa shape index (κ1) is 34.9. The van der Waals surface area contributed by atoms with Crippen LogP contribution in [0.5, 0.6) is 5.75 Å². The van der Waals surface area contributed by atoms with Crippen molar-refractivity contribution >= 4 is 27.3 Å². The number of methoxy groups -OCH3 is 1. The van der Waals surface area contributed by atoms with E-state index >= 15 is 0 Å². The topological polar surface area (TPSA) is 88.2 Å². The molecule has 1 atom stereocenters. The fraction of sp³-hybridized carbons (Fsp3) is 0.676. The van der Waals surface area contributed by atoms with Crippen LogP contribution in [-0.4, -0.2) is 77.6 Å². The first-order valence-corrected chi connectivity index (χ1v) is 18.5. The van der Waals surface area contributed by atoms with Gasteiger partial charge in [-0.1, -0.05) is 18.9 Å². The summed E-state index contributed by atoms with van der Waals surface area (Å²) in [6.07, 6.45) is 8.41. The van der Waals surface area contributed by atoms with Crippen molar-refractivity contribution in [2.24, 2.45) is 17.8 Å². The molecule has 0 radical (unpaired) electrons. The zero-order valence-electron chi connectivity index (χ0n) is 27.6. The molecule has 2 aliphatic rings. The summed E-state index contributed by atoms with van der Waals surface area (Å²) < 4.78 is 39.8. The van der Waals surface area contributed by atoms with Gasteiger partial charge in [-0.3, -0.25) is 4.79 Å². The third-order valence-corrected chi connectivity index (χ3v) is 13.0. The average molecular weight is 648 g/mol. The zero-order chi connectivity index (χ0) is 31.9. The highest BCUT2D eigenvalue weighted by molar-refractivity contribution is 7.89. The largest absolute Gasteiger partial charge is 0.496 e. The molecule has 1 unspecified atom stereocenters. The highest BCUT2D eigenvalue weighted by Gasteiger charge is 2.33. The first-order chi connectivity index (χ1) is 21.0. The molecule has 2 aromatic rings. The highest BCUT2D eigenvalue weighted by atomic mass is 32.2. The number of hydrogen-bond acceptors (Lipinski definition) is 7. The Bertz CT molecular complexity index is 1310. The van der Waals surface area contributed by atoms with Crippen molar-refractivity contribution in [3.8, 4) is 5.75 Å². The smallest absolute Gasteiger partial charge is 0.245 e. The first-order valence-electron chi connectivity index (χ1n) is 16.2. The molecule has 1 aromatic heterocycles. The molecule has 0 spiro atoms. The summed E-state index contributed by atoms with van der Waals surface area (Å²) in [5, 5.41) is 5.23. The monoisotopic (exact) mass is 647 g/mol. The van der Waals surface area contributed by atoms with Crippen LogP contribution in [-0.2, 0) is 19.6 Å². The summed E-state index contributed by atoms with van der Waals surface area (Å²) in [7, 11) is 2.41. The van der Waals surface area contributed by atoms with Crippen molar-refractivity contribution in [3.05, 3.63) is 45.1 Å². The van der Waals surface area contributed by atoms with E-state index in [1.165, 1.54) is 30.6 Å². The molecule has 1 saturated heterocycles. The van der Waals surface area contributed by atoms with E-state index in [0.29, 0.717) is 66.2 Å². The van der Waals surface area contributed by atoms with Crippen molar-refractivity contribution in [3.63, 3.8) is 0 Å². The maximum Gasteiger partial charge on any atom is 0.245 e. The lowest BCUT2D eigenvalue weighted by molar-refractivity contribution is -0.125. The number of nitrogens with zero attached hydrogens (tertiary/aromatic N) is 2. The van der Waals surface area contributed by atoms with Crippen molar-refractivity contribution in [2.75, 3.05) is 54.1 Å². The van der Waals surface area contributed by atoms with Gasteiger partial charge in [0.25, 0.3) is 0 Å². The van der Waals surface area contributed by atoms with Crippen LogP contribution in [0.4, 0.5) is 0 Å². The van der Waals surface area contributed by atoms with Gasteiger partial charge in [-0.15, -0.1) is 11.3 Å². The molecule has 10 heteroatoms. The van der Waals surface area contributed by atoms with Crippen LogP contribution in [0.2, 0.25) is 0 Å². The van der Waals surface area contributed by atoms with Crippen molar-refractivity contribution < 1.29 is 22.7 Å². The minimum atomic E-state index is -3.58. The quantitative estimate of drug-likeness (QED) is 0.249. The van der Waals surface area contributed by atoms with E-state index in [-0.39, 0.29) is 12.5 Å². The number of sulfonamides is 1. The molecule has 246 valence electrons. The van der Waals surface area contributed by atoms with Gasteiger partial charge in [0, 0.05) is 37.2 Å². The Morgan fingerprint density at radius 1 is 1.05 bits per heavy atom. The molecule has 44 heavy (non-hydrogen) atoms. The number of piperidine rings is 1. The van der Waals surface area contributed by atoms with Crippen LogP contribution in [0.15, 0.2) is 28.5 Å². The molecule has 8 nitrogen and oxygen atoms in total. The number of carbonyl (C=O) groups excluding carboxylic acids is 1. The predicted octanol–water partition coefficient (Wildman–Crippen LogP) is 6.10. The molecular formula is C34H53N3O5S2. The summed E-state index contributed by atoms with van der Waals surface area (Å²) in [6.45, 7) is 7.91. The van der Waals surface area contributed by atoms with E-state index in [0.717, 1.165) is 36.8 Å². The Morgan fingerprint density at radius 2 is 1.73 bits per heavy atom. The van der Waals surface area contributed by atoms with Gasteiger partial charge in [0.15, 0.2) is 0 Å². The third kappa shape index (κ3) is 8.63. The summed E-state index contributed by atoms with van der Waals surface area (Å²) in [4.78, 5) is 16.6. The van der Waals surface area contributed by atoms with E-state index in [9.17, 15) is 13.2 Å². The highest BCUT2D eigenvalue weighted by Crippen LogP contribution is 2.41. The average Bonchev–Trinajstić information content (AvgIpc) is 3.52. The molecular weight excluding hydrogens is 595 g/mol. The van der Waals surface area contributed by atoms with Gasteiger partial charge in [0.2, 0.25) is 15.9 Å². The Hall–Kier alpha value is -1.98. The number of amides is 1. The molecule has 1 aliphatic carbocycles. The maximum atomic E-state index is 13.5. The lowest BCUT2D eigenvalue weighted by Crippen LogP contribution is -2.39. The minimum absolute atomic E-state index is 0.0505. The van der Waals surface area contributed by atoms with Gasteiger partial charge >= 0.3 is 0 Å². The number of benzene rings is 1. The molecule has 1 saturated carbocycles. The normalized spacial score (nSPS) is 21.0. The fourth-order valence-corrected chi connectivity index (χ4v) is 10.2. The fourth-order valence-electron chi connectivity index (χ4n) is 7.24. The van der Waals surface area contributed by atoms with Crippen LogP contribution >= 0.6 is 11.3 Å². The van der Waals surface area contributed by atoms with Crippen LogP contribution in [0.1, 0.15) is 79.0 Å².